The first-order valence-corrected chi connectivity index (χ1v) is 7.37. The molecule has 0 amide bonds. The Morgan fingerprint density at radius 1 is 1.11 bits per heavy atom. The fourth-order valence-electron chi connectivity index (χ4n) is 2.74. The third kappa shape index (κ3) is 3.06. The third-order valence-corrected chi connectivity index (χ3v) is 4.44. The van der Waals surface area contributed by atoms with E-state index in [-0.39, 0.29) is 5.79 Å². The molecule has 0 aliphatic carbocycles. The van der Waals surface area contributed by atoms with Crippen molar-refractivity contribution < 1.29 is 9.47 Å². The molecule has 0 N–H and O–H groups in total. The van der Waals surface area contributed by atoms with Gasteiger partial charge in [-0.05, 0) is 23.8 Å². The van der Waals surface area contributed by atoms with E-state index >= 15 is 0 Å². The third-order valence-electron chi connectivity index (χ3n) is 3.83. The average molecular weight is 302 g/mol. The molecule has 0 aromatic heterocycles. The first-order valence-electron chi connectivity index (χ1n) is 6.61. The Hall–Kier alpha value is -0.320. The number of nitrogens with zero attached hydrogens (tertiary/aromatic N) is 1. The summed E-state index contributed by atoms with van der Waals surface area (Å²) in [5, 5.41) is 1.51. The van der Waals surface area contributed by atoms with Crippen molar-refractivity contribution in [3.8, 4) is 0 Å². The standard InChI is InChI=1S/C14H17Cl2NO2/c15-12-1-2-13(16)11(9-12)10-17-5-3-14(4-6-17)18-7-8-19-14/h1-2,9H,3-8,10H2. The molecule has 0 radical (unpaired) electrons. The van der Waals surface area contributed by atoms with Gasteiger partial charge in [-0.25, -0.2) is 0 Å². The highest BCUT2D eigenvalue weighted by Gasteiger charge is 2.39. The molecular formula is C14H17Cl2NO2. The molecule has 3 nitrogen and oxygen atoms in total. The van der Waals surface area contributed by atoms with Gasteiger partial charge in [0.05, 0.1) is 13.2 Å². The Morgan fingerprint density at radius 3 is 2.47 bits per heavy atom. The zero-order valence-corrected chi connectivity index (χ0v) is 12.2. The number of halogens is 2. The smallest absolute Gasteiger partial charge is 0.170 e. The summed E-state index contributed by atoms with van der Waals surface area (Å²) in [6.07, 6.45) is 1.84. The number of rotatable bonds is 2. The summed E-state index contributed by atoms with van der Waals surface area (Å²) in [7, 11) is 0. The number of piperidine rings is 1. The van der Waals surface area contributed by atoms with Crippen molar-refractivity contribution in [2.45, 2.75) is 25.2 Å². The summed E-state index contributed by atoms with van der Waals surface area (Å²) in [6.45, 7) is 4.20. The van der Waals surface area contributed by atoms with Crippen LogP contribution in [0.2, 0.25) is 10.0 Å². The molecule has 3 rings (SSSR count). The highest BCUT2D eigenvalue weighted by Crippen LogP contribution is 2.32. The zero-order valence-electron chi connectivity index (χ0n) is 10.7. The van der Waals surface area contributed by atoms with Crippen molar-refractivity contribution in [3.63, 3.8) is 0 Å². The Labute approximate surface area is 123 Å². The highest BCUT2D eigenvalue weighted by molar-refractivity contribution is 6.33. The molecule has 2 aliphatic heterocycles. The molecule has 0 bridgehead atoms. The van der Waals surface area contributed by atoms with Gasteiger partial charge in [0.25, 0.3) is 0 Å². The van der Waals surface area contributed by atoms with Crippen molar-refractivity contribution in [2.24, 2.45) is 0 Å². The minimum atomic E-state index is -0.311. The zero-order chi connectivity index (χ0) is 13.3. The normalized spacial score (nSPS) is 23.1. The highest BCUT2D eigenvalue weighted by atomic mass is 35.5. The Bertz CT molecular complexity index is 451. The lowest BCUT2D eigenvalue weighted by Gasteiger charge is -2.37. The van der Waals surface area contributed by atoms with Crippen molar-refractivity contribution in [1.29, 1.82) is 0 Å². The van der Waals surface area contributed by atoms with Gasteiger partial charge in [-0.2, -0.15) is 0 Å². The Balaban J connectivity index is 1.61. The van der Waals surface area contributed by atoms with Crippen LogP contribution in [0.25, 0.3) is 0 Å². The number of ether oxygens (including phenoxy) is 2. The largest absolute Gasteiger partial charge is 0.347 e. The molecule has 0 saturated carbocycles. The predicted octanol–water partition coefficient (Wildman–Crippen LogP) is 3.33. The van der Waals surface area contributed by atoms with Gasteiger partial charge < -0.3 is 9.47 Å². The van der Waals surface area contributed by atoms with E-state index in [9.17, 15) is 0 Å². The van der Waals surface area contributed by atoms with E-state index in [0.717, 1.165) is 61.3 Å². The molecule has 2 saturated heterocycles. The second kappa shape index (κ2) is 5.58. The molecule has 104 valence electrons. The molecule has 2 fully saturated rings. The van der Waals surface area contributed by atoms with Crippen LogP contribution < -0.4 is 0 Å². The van der Waals surface area contributed by atoms with E-state index in [1.165, 1.54) is 0 Å². The van der Waals surface area contributed by atoms with Gasteiger partial charge >= 0.3 is 0 Å². The second-order valence-electron chi connectivity index (χ2n) is 5.12. The minimum absolute atomic E-state index is 0.311. The summed E-state index contributed by atoms with van der Waals surface area (Å²) in [4.78, 5) is 2.37. The fourth-order valence-corrected chi connectivity index (χ4v) is 3.11. The van der Waals surface area contributed by atoms with Crippen LogP contribution in [0.1, 0.15) is 18.4 Å². The maximum absolute atomic E-state index is 6.20. The minimum Gasteiger partial charge on any atom is -0.347 e. The number of hydrogen-bond acceptors (Lipinski definition) is 3. The second-order valence-corrected chi connectivity index (χ2v) is 5.96. The predicted molar refractivity (Wildman–Crippen MR) is 75.6 cm³/mol. The molecule has 1 aromatic carbocycles. The van der Waals surface area contributed by atoms with E-state index in [4.69, 9.17) is 32.7 Å². The van der Waals surface area contributed by atoms with Crippen molar-refractivity contribution in [3.05, 3.63) is 33.8 Å². The van der Waals surface area contributed by atoms with Crippen molar-refractivity contribution in [2.75, 3.05) is 26.3 Å². The van der Waals surface area contributed by atoms with E-state index in [0.29, 0.717) is 0 Å². The number of hydrogen-bond donors (Lipinski definition) is 0. The fraction of sp³-hybridized carbons (Fsp3) is 0.571. The van der Waals surface area contributed by atoms with Gasteiger partial charge in [-0.15, -0.1) is 0 Å². The molecule has 0 unspecified atom stereocenters. The summed E-state index contributed by atoms with van der Waals surface area (Å²) < 4.78 is 11.5. The van der Waals surface area contributed by atoms with Crippen LogP contribution in [0.4, 0.5) is 0 Å². The first-order chi connectivity index (χ1) is 9.17. The van der Waals surface area contributed by atoms with Crippen LogP contribution >= 0.6 is 23.2 Å². The maximum Gasteiger partial charge on any atom is 0.170 e. The molecular weight excluding hydrogens is 285 g/mol. The van der Waals surface area contributed by atoms with Crippen LogP contribution in [0, 0.1) is 0 Å². The van der Waals surface area contributed by atoms with Crippen molar-refractivity contribution in [1.82, 2.24) is 4.90 Å². The molecule has 1 spiro atoms. The SMILES string of the molecule is Clc1ccc(Cl)c(CN2CCC3(CC2)OCCO3)c1. The monoisotopic (exact) mass is 301 g/mol. The lowest BCUT2D eigenvalue weighted by Crippen LogP contribution is -2.44. The van der Waals surface area contributed by atoms with Gasteiger partial charge in [0, 0.05) is 42.5 Å². The topological polar surface area (TPSA) is 21.7 Å². The van der Waals surface area contributed by atoms with E-state index in [1.54, 1.807) is 0 Å². The van der Waals surface area contributed by atoms with Crippen molar-refractivity contribution >= 4 is 23.2 Å². The number of likely N-dealkylation sites (tertiary alicyclic amines) is 1. The van der Waals surface area contributed by atoms with Crippen LogP contribution in [-0.4, -0.2) is 37.0 Å². The van der Waals surface area contributed by atoms with Gasteiger partial charge in [0.15, 0.2) is 5.79 Å². The summed E-state index contributed by atoms with van der Waals surface area (Å²) in [5.74, 6) is -0.311. The summed E-state index contributed by atoms with van der Waals surface area (Å²) in [6, 6.07) is 5.61. The van der Waals surface area contributed by atoms with E-state index in [2.05, 4.69) is 4.90 Å². The quantitative estimate of drug-likeness (QED) is 0.836. The van der Waals surface area contributed by atoms with E-state index < -0.39 is 0 Å². The van der Waals surface area contributed by atoms with Gasteiger partial charge in [0.2, 0.25) is 0 Å². The Morgan fingerprint density at radius 2 is 1.79 bits per heavy atom. The molecule has 2 aliphatic rings. The first kappa shape index (κ1) is 13.7. The maximum atomic E-state index is 6.20. The van der Waals surface area contributed by atoms with Crippen LogP contribution in [0.15, 0.2) is 18.2 Å². The molecule has 5 heteroatoms. The van der Waals surface area contributed by atoms with E-state index in [1.807, 2.05) is 18.2 Å². The molecule has 19 heavy (non-hydrogen) atoms. The molecule has 1 aromatic rings. The van der Waals surface area contributed by atoms with Crippen LogP contribution in [-0.2, 0) is 16.0 Å². The Kier molecular flexibility index (Phi) is 4.01. The molecule has 0 atom stereocenters. The summed E-state index contributed by atoms with van der Waals surface area (Å²) >= 11 is 12.2. The average Bonchev–Trinajstić information content (AvgIpc) is 2.85. The van der Waals surface area contributed by atoms with Crippen LogP contribution in [0.5, 0.6) is 0 Å². The summed E-state index contributed by atoms with van der Waals surface area (Å²) in [5.41, 5.74) is 1.08. The van der Waals surface area contributed by atoms with Crippen LogP contribution in [0.3, 0.4) is 0 Å². The lowest BCUT2D eigenvalue weighted by atomic mass is 10.0. The van der Waals surface area contributed by atoms with Gasteiger partial charge in [-0.3, -0.25) is 4.90 Å². The van der Waals surface area contributed by atoms with Gasteiger partial charge in [-0.1, -0.05) is 23.2 Å². The lowest BCUT2D eigenvalue weighted by molar-refractivity contribution is -0.185. The molecule has 2 heterocycles. The number of benzene rings is 1. The van der Waals surface area contributed by atoms with Gasteiger partial charge in [0.1, 0.15) is 0 Å².